The second kappa shape index (κ2) is 3.64. The molecule has 1 atom stereocenters. The number of aromatic nitrogens is 1. The van der Waals surface area contributed by atoms with Crippen molar-refractivity contribution in [3.8, 4) is 0 Å². The van der Waals surface area contributed by atoms with Gasteiger partial charge in [-0.2, -0.15) is 0 Å². The average Bonchev–Trinajstić information content (AvgIpc) is 2.52. The van der Waals surface area contributed by atoms with Gasteiger partial charge in [0, 0.05) is 29.8 Å². The van der Waals surface area contributed by atoms with Gasteiger partial charge in [-0.05, 0) is 18.6 Å². The number of hydrogen-bond donors (Lipinski definition) is 1. The van der Waals surface area contributed by atoms with E-state index in [9.17, 15) is 0 Å². The van der Waals surface area contributed by atoms with Crippen molar-refractivity contribution >= 4 is 21.7 Å². The number of halogens is 1. The van der Waals surface area contributed by atoms with Gasteiger partial charge in [-0.25, -0.2) is 4.98 Å². The molecule has 1 aromatic heterocycles. The van der Waals surface area contributed by atoms with Crippen LogP contribution in [-0.2, 0) is 0 Å². The van der Waals surface area contributed by atoms with E-state index >= 15 is 0 Å². The summed E-state index contributed by atoms with van der Waals surface area (Å²) >= 11 is 3.43. The van der Waals surface area contributed by atoms with E-state index in [1.807, 2.05) is 18.3 Å². The monoisotopic (exact) mass is 241 g/mol. The minimum absolute atomic E-state index is 0.306. The molecule has 1 aliphatic heterocycles. The van der Waals surface area contributed by atoms with E-state index in [4.69, 9.17) is 5.73 Å². The van der Waals surface area contributed by atoms with Crippen LogP contribution in [0.4, 0.5) is 5.82 Å². The van der Waals surface area contributed by atoms with Crippen LogP contribution in [0, 0.1) is 0 Å². The summed E-state index contributed by atoms with van der Waals surface area (Å²) in [5.74, 6) is 1.02. The second-order valence-corrected chi connectivity index (χ2v) is 4.24. The fraction of sp³-hybridized carbons (Fsp3) is 0.444. The summed E-state index contributed by atoms with van der Waals surface area (Å²) in [7, 11) is 0. The second-order valence-electron chi connectivity index (χ2n) is 3.33. The summed E-state index contributed by atoms with van der Waals surface area (Å²) in [6.45, 7) is 1.94. The van der Waals surface area contributed by atoms with Crippen molar-refractivity contribution in [1.82, 2.24) is 4.98 Å². The molecule has 0 amide bonds. The third kappa shape index (κ3) is 2.00. The normalized spacial score (nSPS) is 22.3. The zero-order valence-electron chi connectivity index (χ0n) is 7.28. The third-order valence-corrected chi connectivity index (χ3v) is 2.75. The van der Waals surface area contributed by atoms with Crippen molar-refractivity contribution in [2.45, 2.75) is 12.5 Å². The standard InChI is InChI=1S/C9H12BrN3/c10-7-1-3-12-9(5-7)13-4-2-8(11)6-13/h1,3,5,8H,2,4,6,11H2. The van der Waals surface area contributed by atoms with Crippen LogP contribution in [0.5, 0.6) is 0 Å². The maximum absolute atomic E-state index is 5.82. The van der Waals surface area contributed by atoms with Gasteiger partial charge in [-0.15, -0.1) is 0 Å². The lowest BCUT2D eigenvalue weighted by atomic mass is 10.3. The zero-order valence-corrected chi connectivity index (χ0v) is 8.87. The molecule has 4 heteroatoms. The van der Waals surface area contributed by atoms with Crippen LogP contribution in [0.15, 0.2) is 22.8 Å². The molecule has 2 heterocycles. The third-order valence-electron chi connectivity index (χ3n) is 2.26. The van der Waals surface area contributed by atoms with Gasteiger partial charge in [-0.3, -0.25) is 0 Å². The highest BCUT2D eigenvalue weighted by atomic mass is 79.9. The molecule has 1 fully saturated rings. The van der Waals surface area contributed by atoms with E-state index in [0.717, 1.165) is 29.8 Å². The molecule has 2 N–H and O–H groups in total. The van der Waals surface area contributed by atoms with Crippen LogP contribution in [0.3, 0.4) is 0 Å². The molecule has 1 aromatic rings. The maximum Gasteiger partial charge on any atom is 0.129 e. The predicted molar refractivity (Wildman–Crippen MR) is 56.7 cm³/mol. The number of hydrogen-bond acceptors (Lipinski definition) is 3. The Morgan fingerprint density at radius 2 is 2.46 bits per heavy atom. The molecule has 3 nitrogen and oxygen atoms in total. The first-order valence-electron chi connectivity index (χ1n) is 4.38. The molecule has 0 spiro atoms. The molecule has 1 saturated heterocycles. The van der Waals surface area contributed by atoms with Gasteiger partial charge < -0.3 is 10.6 Å². The van der Waals surface area contributed by atoms with Gasteiger partial charge in [-0.1, -0.05) is 15.9 Å². The summed E-state index contributed by atoms with van der Waals surface area (Å²) in [4.78, 5) is 6.51. The van der Waals surface area contributed by atoms with Gasteiger partial charge >= 0.3 is 0 Å². The van der Waals surface area contributed by atoms with Crippen molar-refractivity contribution in [2.75, 3.05) is 18.0 Å². The van der Waals surface area contributed by atoms with E-state index in [1.165, 1.54) is 0 Å². The summed E-state index contributed by atoms with van der Waals surface area (Å²) in [6.07, 6.45) is 2.87. The van der Waals surface area contributed by atoms with Crippen molar-refractivity contribution < 1.29 is 0 Å². The Morgan fingerprint density at radius 1 is 1.62 bits per heavy atom. The largest absolute Gasteiger partial charge is 0.355 e. The molecule has 1 unspecified atom stereocenters. The molecular weight excluding hydrogens is 230 g/mol. The van der Waals surface area contributed by atoms with Crippen LogP contribution in [0.2, 0.25) is 0 Å². The molecule has 0 saturated carbocycles. The highest BCUT2D eigenvalue weighted by molar-refractivity contribution is 9.10. The Kier molecular flexibility index (Phi) is 2.51. The zero-order chi connectivity index (χ0) is 9.26. The molecule has 0 aliphatic carbocycles. The van der Waals surface area contributed by atoms with Crippen LogP contribution in [-0.4, -0.2) is 24.1 Å². The lowest BCUT2D eigenvalue weighted by Gasteiger charge is -2.16. The summed E-state index contributed by atoms with van der Waals surface area (Å²) in [6, 6.07) is 4.26. The quantitative estimate of drug-likeness (QED) is 0.808. The van der Waals surface area contributed by atoms with E-state index in [-0.39, 0.29) is 0 Å². The highest BCUT2D eigenvalue weighted by Gasteiger charge is 2.19. The number of anilines is 1. The first kappa shape index (κ1) is 8.97. The van der Waals surface area contributed by atoms with Crippen molar-refractivity contribution in [3.05, 3.63) is 22.8 Å². The predicted octanol–water partition coefficient (Wildman–Crippen LogP) is 1.38. The van der Waals surface area contributed by atoms with Crippen LogP contribution in [0.25, 0.3) is 0 Å². The van der Waals surface area contributed by atoms with Gasteiger partial charge in [0.1, 0.15) is 5.82 Å². The maximum atomic E-state index is 5.82. The van der Waals surface area contributed by atoms with Gasteiger partial charge in [0.05, 0.1) is 0 Å². The molecule has 2 rings (SSSR count). The van der Waals surface area contributed by atoms with Crippen molar-refractivity contribution in [1.29, 1.82) is 0 Å². The SMILES string of the molecule is NC1CCN(c2cc(Br)ccn2)C1. The van der Waals surface area contributed by atoms with E-state index < -0.39 is 0 Å². The minimum Gasteiger partial charge on any atom is -0.355 e. The van der Waals surface area contributed by atoms with Crippen LogP contribution in [0.1, 0.15) is 6.42 Å². The minimum atomic E-state index is 0.306. The van der Waals surface area contributed by atoms with Crippen molar-refractivity contribution in [3.63, 3.8) is 0 Å². The molecule has 0 aromatic carbocycles. The average molecular weight is 242 g/mol. The number of nitrogens with two attached hydrogens (primary N) is 1. The summed E-state index contributed by atoms with van der Waals surface area (Å²) in [5, 5.41) is 0. The fourth-order valence-corrected chi connectivity index (χ4v) is 1.88. The van der Waals surface area contributed by atoms with Crippen LogP contribution >= 0.6 is 15.9 Å². The lowest BCUT2D eigenvalue weighted by Crippen LogP contribution is -2.26. The highest BCUT2D eigenvalue weighted by Crippen LogP contribution is 2.20. The first-order chi connectivity index (χ1) is 6.25. The lowest BCUT2D eigenvalue weighted by molar-refractivity contribution is 0.751. The summed E-state index contributed by atoms with van der Waals surface area (Å²) < 4.78 is 1.07. The molecule has 13 heavy (non-hydrogen) atoms. The molecule has 1 aliphatic rings. The number of nitrogens with zero attached hydrogens (tertiary/aromatic N) is 2. The molecule has 0 radical (unpaired) electrons. The van der Waals surface area contributed by atoms with E-state index in [2.05, 4.69) is 25.8 Å². The van der Waals surface area contributed by atoms with Gasteiger partial charge in [0.25, 0.3) is 0 Å². The van der Waals surface area contributed by atoms with E-state index in [1.54, 1.807) is 0 Å². The number of pyridine rings is 1. The smallest absolute Gasteiger partial charge is 0.129 e. The molecule has 0 bridgehead atoms. The molecule has 70 valence electrons. The number of rotatable bonds is 1. The Labute approximate surface area is 86.1 Å². The topological polar surface area (TPSA) is 42.1 Å². The Hall–Kier alpha value is -0.610. The molecular formula is C9H12BrN3. The van der Waals surface area contributed by atoms with Gasteiger partial charge in [0.2, 0.25) is 0 Å². The van der Waals surface area contributed by atoms with Crippen molar-refractivity contribution in [2.24, 2.45) is 5.73 Å². The first-order valence-corrected chi connectivity index (χ1v) is 5.17. The Morgan fingerprint density at radius 3 is 3.08 bits per heavy atom. The summed E-state index contributed by atoms with van der Waals surface area (Å²) in [5.41, 5.74) is 5.82. The Balaban J connectivity index is 2.16. The van der Waals surface area contributed by atoms with E-state index in [0.29, 0.717) is 6.04 Å². The van der Waals surface area contributed by atoms with Gasteiger partial charge in [0.15, 0.2) is 0 Å². The Bertz CT molecular complexity index is 303. The van der Waals surface area contributed by atoms with Crippen LogP contribution < -0.4 is 10.6 Å². The fourth-order valence-electron chi connectivity index (χ4n) is 1.56.